The molecule has 1 aromatic rings. The summed E-state index contributed by atoms with van der Waals surface area (Å²) in [6.45, 7) is 2.39. The summed E-state index contributed by atoms with van der Waals surface area (Å²) in [5.41, 5.74) is 0.771. The monoisotopic (exact) mass is 295 g/mol. The lowest BCUT2D eigenvalue weighted by molar-refractivity contribution is -0.384. The minimum atomic E-state index is -0.523. The van der Waals surface area contributed by atoms with E-state index in [9.17, 15) is 14.9 Å². The Labute approximate surface area is 123 Å². The molecule has 7 nitrogen and oxygen atoms in total. The molecule has 1 unspecified atom stereocenters. The van der Waals surface area contributed by atoms with Gasteiger partial charge in [0.1, 0.15) is 0 Å². The summed E-state index contributed by atoms with van der Waals surface area (Å²) in [5, 5.41) is 22.4. The summed E-state index contributed by atoms with van der Waals surface area (Å²) in [7, 11) is 3.54. The van der Waals surface area contributed by atoms with Crippen molar-refractivity contribution in [2.24, 2.45) is 5.92 Å². The van der Waals surface area contributed by atoms with Crippen molar-refractivity contribution >= 4 is 17.3 Å². The lowest BCUT2D eigenvalue weighted by Crippen LogP contribution is -2.30. The molecule has 0 aliphatic rings. The number of carbonyl (C=O) groups is 1. The van der Waals surface area contributed by atoms with E-state index < -0.39 is 4.92 Å². The second kappa shape index (κ2) is 7.58. The van der Waals surface area contributed by atoms with Gasteiger partial charge < -0.3 is 15.3 Å². The Kier molecular flexibility index (Phi) is 6.10. The van der Waals surface area contributed by atoms with Crippen LogP contribution < -0.4 is 10.2 Å². The number of hydrogen-bond acceptors (Lipinski definition) is 5. The van der Waals surface area contributed by atoms with E-state index >= 15 is 0 Å². The third-order valence-corrected chi connectivity index (χ3v) is 3.15. The summed E-state index contributed by atoms with van der Waals surface area (Å²) < 4.78 is 0. The average Bonchev–Trinajstić information content (AvgIpc) is 2.44. The van der Waals surface area contributed by atoms with Crippen LogP contribution in [0.1, 0.15) is 23.7 Å². The molecule has 0 aliphatic carbocycles. The number of anilines is 1. The number of benzene rings is 1. The minimum absolute atomic E-state index is 0.0663. The van der Waals surface area contributed by atoms with Crippen molar-refractivity contribution < 1.29 is 14.8 Å². The normalized spacial score (nSPS) is 11.8. The molecule has 2 N–H and O–H groups in total. The highest BCUT2D eigenvalue weighted by molar-refractivity contribution is 6.00. The van der Waals surface area contributed by atoms with Crippen molar-refractivity contribution in [3.05, 3.63) is 33.9 Å². The highest BCUT2D eigenvalue weighted by atomic mass is 16.6. The van der Waals surface area contributed by atoms with Crippen LogP contribution in [0.25, 0.3) is 0 Å². The van der Waals surface area contributed by atoms with Crippen LogP contribution in [0.3, 0.4) is 0 Å². The average molecular weight is 295 g/mol. The van der Waals surface area contributed by atoms with Crippen LogP contribution in [0.15, 0.2) is 18.2 Å². The smallest absolute Gasteiger partial charge is 0.270 e. The Morgan fingerprint density at radius 1 is 1.48 bits per heavy atom. The third kappa shape index (κ3) is 4.71. The molecule has 0 saturated carbocycles. The molecule has 1 amide bonds. The first-order chi connectivity index (χ1) is 9.86. The van der Waals surface area contributed by atoms with Gasteiger partial charge in [-0.3, -0.25) is 14.9 Å². The largest absolute Gasteiger partial charge is 0.396 e. The van der Waals surface area contributed by atoms with Crippen molar-refractivity contribution in [2.45, 2.75) is 13.3 Å². The molecule has 7 heteroatoms. The summed E-state index contributed by atoms with van der Waals surface area (Å²) in [6, 6.07) is 4.21. The van der Waals surface area contributed by atoms with Crippen molar-refractivity contribution in [2.75, 3.05) is 32.1 Å². The minimum Gasteiger partial charge on any atom is -0.396 e. The molecule has 0 bridgehead atoms. The van der Waals surface area contributed by atoms with Crippen LogP contribution in [-0.2, 0) is 0 Å². The molecular weight excluding hydrogens is 274 g/mol. The number of nitro groups is 1. The predicted molar refractivity (Wildman–Crippen MR) is 80.6 cm³/mol. The molecular formula is C14H21N3O4. The van der Waals surface area contributed by atoms with Crippen molar-refractivity contribution in [3.63, 3.8) is 0 Å². The van der Waals surface area contributed by atoms with Gasteiger partial charge in [0, 0.05) is 45.1 Å². The lowest BCUT2D eigenvalue weighted by Gasteiger charge is -2.18. The van der Waals surface area contributed by atoms with Gasteiger partial charge in [0.25, 0.3) is 11.6 Å². The number of carbonyl (C=O) groups excluding carboxylic acids is 1. The fraction of sp³-hybridized carbons (Fsp3) is 0.500. The number of rotatable bonds is 7. The second-order valence-electron chi connectivity index (χ2n) is 5.18. The van der Waals surface area contributed by atoms with Crippen LogP contribution in [-0.4, -0.2) is 43.2 Å². The number of nitrogens with zero attached hydrogens (tertiary/aromatic N) is 2. The Bertz CT molecular complexity index is 517. The molecule has 116 valence electrons. The van der Waals surface area contributed by atoms with Gasteiger partial charge in [-0.1, -0.05) is 6.92 Å². The van der Waals surface area contributed by atoms with Crippen LogP contribution >= 0.6 is 0 Å². The summed E-state index contributed by atoms with van der Waals surface area (Å²) >= 11 is 0. The Hall–Kier alpha value is -2.15. The van der Waals surface area contributed by atoms with Gasteiger partial charge in [-0.05, 0) is 18.4 Å². The van der Waals surface area contributed by atoms with Crippen molar-refractivity contribution in [1.29, 1.82) is 0 Å². The lowest BCUT2D eigenvalue weighted by atomic mass is 10.1. The molecule has 0 fully saturated rings. The molecule has 1 atom stereocenters. The van der Waals surface area contributed by atoms with E-state index in [1.807, 2.05) is 6.92 Å². The maximum Gasteiger partial charge on any atom is 0.270 e. The van der Waals surface area contributed by atoms with Gasteiger partial charge in [0.15, 0.2) is 0 Å². The van der Waals surface area contributed by atoms with E-state index in [4.69, 9.17) is 5.11 Å². The van der Waals surface area contributed by atoms with Crippen LogP contribution in [0.5, 0.6) is 0 Å². The molecule has 0 spiro atoms. The van der Waals surface area contributed by atoms with E-state index in [2.05, 4.69) is 5.32 Å². The summed E-state index contributed by atoms with van der Waals surface area (Å²) in [4.78, 5) is 24.3. The zero-order valence-electron chi connectivity index (χ0n) is 12.5. The number of aliphatic hydroxyl groups is 1. The first kappa shape index (κ1) is 16.9. The van der Waals surface area contributed by atoms with E-state index in [-0.39, 0.29) is 29.7 Å². The fourth-order valence-electron chi connectivity index (χ4n) is 1.89. The Morgan fingerprint density at radius 3 is 2.67 bits per heavy atom. The topological polar surface area (TPSA) is 95.7 Å². The molecule has 0 saturated heterocycles. The highest BCUT2D eigenvalue weighted by Crippen LogP contribution is 2.24. The molecule has 1 rings (SSSR count). The molecule has 0 heterocycles. The predicted octanol–water partition coefficient (Wildman–Crippen LogP) is 1.41. The van der Waals surface area contributed by atoms with Crippen LogP contribution in [0, 0.1) is 16.0 Å². The maximum absolute atomic E-state index is 12.2. The van der Waals surface area contributed by atoms with Crippen molar-refractivity contribution in [1.82, 2.24) is 5.32 Å². The molecule has 0 radical (unpaired) electrons. The summed E-state index contributed by atoms with van der Waals surface area (Å²) in [5.74, 6) is -0.215. The number of amides is 1. The Balaban J connectivity index is 2.94. The fourth-order valence-corrected chi connectivity index (χ4v) is 1.89. The zero-order valence-corrected chi connectivity index (χ0v) is 12.5. The Morgan fingerprint density at radius 2 is 2.14 bits per heavy atom. The van der Waals surface area contributed by atoms with E-state index in [0.717, 1.165) is 0 Å². The first-order valence-electron chi connectivity index (χ1n) is 6.71. The third-order valence-electron chi connectivity index (χ3n) is 3.15. The van der Waals surface area contributed by atoms with Crippen LogP contribution in [0.4, 0.5) is 11.4 Å². The second-order valence-corrected chi connectivity index (χ2v) is 5.18. The number of nitro benzene ring substituents is 1. The van der Waals surface area contributed by atoms with Crippen LogP contribution in [0.2, 0.25) is 0 Å². The van der Waals surface area contributed by atoms with Crippen molar-refractivity contribution in [3.8, 4) is 0 Å². The quantitative estimate of drug-likeness (QED) is 0.585. The van der Waals surface area contributed by atoms with Gasteiger partial charge in [-0.15, -0.1) is 0 Å². The van der Waals surface area contributed by atoms with Gasteiger partial charge in [0.2, 0.25) is 0 Å². The highest BCUT2D eigenvalue weighted by Gasteiger charge is 2.18. The van der Waals surface area contributed by atoms with Gasteiger partial charge in [0.05, 0.1) is 10.5 Å². The van der Waals surface area contributed by atoms with Gasteiger partial charge >= 0.3 is 0 Å². The number of aliphatic hydroxyl groups excluding tert-OH is 1. The summed E-state index contributed by atoms with van der Waals surface area (Å²) in [6.07, 6.45) is 0.593. The number of non-ortho nitro benzene ring substituents is 1. The number of nitrogens with one attached hydrogen (secondary N) is 1. The number of hydrogen-bond donors (Lipinski definition) is 2. The molecule has 0 aromatic heterocycles. The maximum atomic E-state index is 12.2. The van der Waals surface area contributed by atoms with Gasteiger partial charge in [-0.2, -0.15) is 0 Å². The SMILES string of the molecule is CC(CCO)CNC(=O)c1cc([N+](=O)[O-])ccc1N(C)C. The molecule has 1 aromatic carbocycles. The standard InChI is InChI=1S/C14H21N3O4/c1-10(6-7-18)9-15-14(19)12-8-11(17(20)21)4-5-13(12)16(2)3/h4-5,8,10,18H,6-7,9H2,1-3H3,(H,15,19). The first-order valence-corrected chi connectivity index (χ1v) is 6.71. The van der Waals surface area contributed by atoms with E-state index in [1.165, 1.54) is 12.1 Å². The van der Waals surface area contributed by atoms with Gasteiger partial charge in [-0.25, -0.2) is 0 Å². The van der Waals surface area contributed by atoms with E-state index in [0.29, 0.717) is 18.7 Å². The molecule has 21 heavy (non-hydrogen) atoms. The molecule has 0 aliphatic heterocycles. The zero-order chi connectivity index (χ0) is 16.0. The van der Waals surface area contributed by atoms with E-state index in [1.54, 1.807) is 25.1 Å².